The van der Waals surface area contributed by atoms with Crippen LogP contribution < -0.4 is 5.32 Å². The lowest BCUT2D eigenvalue weighted by Crippen LogP contribution is -2.12. The molecule has 15 heavy (non-hydrogen) atoms. The van der Waals surface area contributed by atoms with Crippen molar-refractivity contribution in [1.29, 1.82) is 0 Å². The van der Waals surface area contributed by atoms with Crippen molar-refractivity contribution in [2.24, 2.45) is 0 Å². The highest BCUT2D eigenvalue weighted by atomic mass is 16.3. The van der Waals surface area contributed by atoms with Crippen LogP contribution >= 0.6 is 0 Å². The van der Waals surface area contributed by atoms with Crippen molar-refractivity contribution in [2.45, 2.75) is 20.0 Å². The van der Waals surface area contributed by atoms with Gasteiger partial charge >= 0.3 is 0 Å². The smallest absolute Gasteiger partial charge is 0.0947 e. The number of furan rings is 1. The standard InChI is InChI=1S/C13H15NO/c1-11-3-2-4-12(7-11)8-14-9-13-5-6-15-10-13/h2-7,10,14H,8-9H2,1H3. The van der Waals surface area contributed by atoms with Gasteiger partial charge < -0.3 is 9.73 Å². The average Bonchev–Trinajstić information content (AvgIpc) is 2.71. The maximum Gasteiger partial charge on any atom is 0.0947 e. The minimum absolute atomic E-state index is 0.852. The fourth-order valence-corrected chi connectivity index (χ4v) is 1.57. The Morgan fingerprint density at radius 1 is 1.13 bits per heavy atom. The Morgan fingerprint density at radius 2 is 2.00 bits per heavy atom. The predicted molar refractivity (Wildman–Crippen MR) is 60.4 cm³/mol. The molecule has 0 aliphatic carbocycles. The normalized spacial score (nSPS) is 10.5. The maximum atomic E-state index is 5.00. The molecule has 2 aromatic rings. The van der Waals surface area contributed by atoms with Crippen molar-refractivity contribution >= 4 is 0 Å². The third kappa shape index (κ3) is 2.96. The minimum atomic E-state index is 0.852. The molecule has 0 saturated heterocycles. The number of hydrogen-bond acceptors (Lipinski definition) is 2. The van der Waals surface area contributed by atoms with Gasteiger partial charge in [-0.05, 0) is 18.6 Å². The molecule has 1 aromatic heterocycles. The third-order valence-electron chi connectivity index (χ3n) is 2.32. The molecule has 0 atom stereocenters. The highest BCUT2D eigenvalue weighted by Crippen LogP contribution is 2.04. The van der Waals surface area contributed by atoms with E-state index in [1.165, 1.54) is 16.7 Å². The molecular formula is C13H15NO. The van der Waals surface area contributed by atoms with E-state index in [0.717, 1.165) is 13.1 Å². The second-order valence-corrected chi connectivity index (χ2v) is 3.72. The molecule has 1 aromatic carbocycles. The lowest BCUT2D eigenvalue weighted by atomic mass is 10.1. The van der Waals surface area contributed by atoms with Crippen LogP contribution in [0.1, 0.15) is 16.7 Å². The summed E-state index contributed by atoms with van der Waals surface area (Å²) in [5, 5.41) is 3.37. The molecule has 0 saturated carbocycles. The van der Waals surface area contributed by atoms with E-state index in [1.54, 1.807) is 12.5 Å². The zero-order valence-corrected chi connectivity index (χ0v) is 8.86. The van der Waals surface area contributed by atoms with E-state index in [0.29, 0.717) is 0 Å². The molecule has 78 valence electrons. The topological polar surface area (TPSA) is 25.2 Å². The molecule has 0 radical (unpaired) electrons. The van der Waals surface area contributed by atoms with E-state index in [1.807, 2.05) is 6.07 Å². The van der Waals surface area contributed by atoms with Crippen molar-refractivity contribution in [2.75, 3.05) is 0 Å². The summed E-state index contributed by atoms with van der Waals surface area (Å²) < 4.78 is 5.00. The van der Waals surface area contributed by atoms with Gasteiger partial charge in [-0.3, -0.25) is 0 Å². The van der Waals surface area contributed by atoms with Gasteiger partial charge in [0.15, 0.2) is 0 Å². The highest BCUT2D eigenvalue weighted by Gasteiger charge is 1.95. The van der Waals surface area contributed by atoms with Gasteiger partial charge in [0.25, 0.3) is 0 Å². The zero-order chi connectivity index (χ0) is 10.5. The fraction of sp³-hybridized carbons (Fsp3) is 0.231. The SMILES string of the molecule is Cc1cccc(CNCc2ccoc2)c1. The summed E-state index contributed by atoms with van der Waals surface area (Å²) >= 11 is 0. The van der Waals surface area contributed by atoms with Crippen LogP contribution in [0.2, 0.25) is 0 Å². The molecule has 0 spiro atoms. The van der Waals surface area contributed by atoms with Crippen LogP contribution in [0, 0.1) is 6.92 Å². The van der Waals surface area contributed by atoms with Crippen molar-refractivity contribution in [3.8, 4) is 0 Å². The second kappa shape index (κ2) is 4.80. The molecule has 1 heterocycles. The summed E-state index contributed by atoms with van der Waals surface area (Å²) in [6.45, 7) is 3.86. The van der Waals surface area contributed by atoms with Crippen LogP contribution in [-0.2, 0) is 13.1 Å². The van der Waals surface area contributed by atoms with Crippen LogP contribution in [0.3, 0.4) is 0 Å². The van der Waals surface area contributed by atoms with Crippen molar-refractivity contribution < 1.29 is 4.42 Å². The van der Waals surface area contributed by atoms with E-state index in [2.05, 4.69) is 36.5 Å². The van der Waals surface area contributed by atoms with Crippen LogP contribution in [0.15, 0.2) is 47.3 Å². The molecule has 0 aliphatic rings. The largest absolute Gasteiger partial charge is 0.472 e. The molecule has 2 nitrogen and oxygen atoms in total. The summed E-state index contributed by atoms with van der Waals surface area (Å²) in [5.74, 6) is 0. The van der Waals surface area contributed by atoms with Gasteiger partial charge in [-0.15, -0.1) is 0 Å². The van der Waals surface area contributed by atoms with Crippen LogP contribution in [-0.4, -0.2) is 0 Å². The molecule has 0 aliphatic heterocycles. The number of aryl methyl sites for hydroxylation is 1. The van der Waals surface area contributed by atoms with Gasteiger partial charge in [0.2, 0.25) is 0 Å². The zero-order valence-electron chi connectivity index (χ0n) is 8.86. The van der Waals surface area contributed by atoms with E-state index in [9.17, 15) is 0 Å². The first kappa shape index (κ1) is 9.99. The Hall–Kier alpha value is -1.54. The first-order chi connectivity index (χ1) is 7.34. The third-order valence-corrected chi connectivity index (χ3v) is 2.32. The highest BCUT2D eigenvalue weighted by molar-refractivity contribution is 5.22. The number of nitrogens with one attached hydrogen (secondary N) is 1. The molecule has 0 fully saturated rings. The number of hydrogen-bond donors (Lipinski definition) is 1. The van der Waals surface area contributed by atoms with E-state index in [-0.39, 0.29) is 0 Å². The molecule has 0 bridgehead atoms. The van der Waals surface area contributed by atoms with Gasteiger partial charge in [-0.25, -0.2) is 0 Å². The molecule has 2 rings (SSSR count). The Bertz CT molecular complexity index is 406. The summed E-state index contributed by atoms with van der Waals surface area (Å²) in [5.41, 5.74) is 3.80. The predicted octanol–water partition coefficient (Wildman–Crippen LogP) is 2.88. The Balaban J connectivity index is 1.83. The summed E-state index contributed by atoms with van der Waals surface area (Å²) in [6, 6.07) is 10.5. The van der Waals surface area contributed by atoms with Crippen molar-refractivity contribution in [3.05, 3.63) is 59.5 Å². The van der Waals surface area contributed by atoms with E-state index < -0.39 is 0 Å². The van der Waals surface area contributed by atoms with Gasteiger partial charge in [-0.1, -0.05) is 29.8 Å². The Morgan fingerprint density at radius 3 is 2.73 bits per heavy atom. The quantitative estimate of drug-likeness (QED) is 0.822. The van der Waals surface area contributed by atoms with Crippen LogP contribution in [0.25, 0.3) is 0 Å². The lowest BCUT2D eigenvalue weighted by Gasteiger charge is -2.03. The van der Waals surface area contributed by atoms with Crippen LogP contribution in [0.5, 0.6) is 0 Å². The molecule has 1 N–H and O–H groups in total. The first-order valence-corrected chi connectivity index (χ1v) is 5.12. The molecule has 2 heteroatoms. The summed E-state index contributed by atoms with van der Waals surface area (Å²) in [4.78, 5) is 0. The molecule has 0 amide bonds. The second-order valence-electron chi connectivity index (χ2n) is 3.72. The average molecular weight is 201 g/mol. The van der Waals surface area contributed by atoms with Crippen molar-refractivity contribution in [1.82, 2.24) is 5.32 Å². The molecular weight excluding hydrogens is 186 g/mol. The van der Waals surface area contributed by atoms with E-state index in [4.69, 9.17) is 4.42 Å². The summed E-state index contributed by atoms with van der Waals surface area (Å²) in [7, 11) is 0. The van der Waals surface area contributed by atoms with Gasteiger partial charge in [-0.2, -0.15) is 0 Å². The fourth-order valence-electron chi connectivity index (χ4n) is 1.57. The van der Waals surface area contributed by atoms with Crippen molar-refractivity contribution in [3.63, 3.8) is 0 Å². The lowest BCUT2D eigenvalue weighted by molar-refractivity contribution is 0.560. The number of rotatable bonds is 4. The van der Waals surface area contributed by atoms with Crippen LogP contribution in [0.4, 0.5) is 0 Å². The Labute approximate surface area is 89.9 Å². The first-order valence-electron chi connectivity index (χ1n) is 5.12. The van der Waals surface area contributed by atoms with Gasteiger partial charge in [0, 0.05) is 18.7 Å². The number of benzene rings is 1. The minimum Gasteiger partial charge on any atom is -0.472 e. The van der Waals surface area contributed by atoms with Gasteiger partial charge in [0.1, 0.15) is 0 Å². The van der Waals surface area contributed by atoms with E-state index >= 15 is 0 Å². The molecule has 0 unspecified atom stereocenters. The maximum absolute atomic E-state index is 5.00. The Kier molecular flexibility index (Phi) is 3.20. The monoisotopic (exact) mass is 201 g/mol. The van der Waals surface area contributed by atoms with Gasteiger partial charge in [0.05, 0.1) is 12.5 Å². The summed E-state index contributed by atoms with van der Waals surface area (Å²) in [6.07, 6.45) is 3.47.